The van der Waals surface area contributed by atoms with Crippen LogP contribution in [0.5, 0.6) is 11.5 Å². The maximum absolute atomic E-state index is 11.7. The molecule has 3 rings (SSSR count). The molecule has 0 saturated heterocycles. The Kier molecular flexibility index (Phi) is 5.97. The number of hydrogen-bond acceptors (Lipinski definition) is 5. The van der Waals surface area contributed by atoms with E-state index in [1.165, 1.54) is 6.08 Å². The van der Waals surface area contributed by atoms with E-state index < -0.39 is 6.09 Å². The SMILES string of the molecule is C=CCOC(=O)Nc1ccc(-c2c(N)c3cc(OC)c(OC)cc3n2CC)cc1. The van der Waals surface area contributed by atoms with Gasteiger partial charge in [-0.3, -0.25) is 5.32 Å². The van der Waals surface area contributed by atoms with Crippen LogP contribution in [0.4, 0.5) is 16.2 Å². The Labute approximate surface area is 169 Å². The molecule has 29 heavy (non-hydrogen) atoms. The van der Waals surface area contributed by atoms with Crippen LogP contribution in [0.15, 0.2) is 49.1 Å². The van der Waals surface area contributed by atoms with Crippen molar-refractivity contribution >= 4 is 28.4 Å². The number of amides is 1. The zero-order chi connectivity index (χ0) is 21.0. The minimum atomic E-state index is -0.529. The second-order valence-corrected chi connectivity index (χ2v) is 6.32. The number of ether oxygens (including phenoxy) is 3. The van der Waals surface area contributed by atoms with E-state index in [1.54, 1.807) is 14.2 Å². The number of nitrogens with one attached hydrogen (secondary N) is 1. The second kappa shape index (κ2) is 8.60. The molecule has 0 fully saturated rings. The number of anilines is 2. The topological polar surface area (TPSA) is 87.7 Å². The lowest BCUT2D eigenvalue weighted by Crippen LogP contribution is -2.13. The van der Waals surface area contributed by atoms with Crippen LogP contribution in [-0.2, 0) is 11.3 Å². The standard InChI is InChI=1S/C22H25N3O4/c1-5-11-29-22(26)24-15-9-7-14(8-10-15)21-20(23)16-12-18(27-3)19(28-4)13-17(16)25(21)6-2/h5,7-10,12-13H,1,6,11,23H2,2-4H3,(H,24,26). The largest absolute Gasteiger partial charge is 0.493 e. The van der Waals surface area contributed by atoms with Gasteiger partial charge in [-0.05, 0) is 25.1 Å². The van der Waals surface area contributed by atoms with Gasteiger partial charge in [0.2, 0.25) is 0 Å². The second-order valence-electron chi connectivity index (χ2n) is 6.32. The highest BCUT2D eigenvalue weighted by molar-refractivity contribution is 6.02. The normalized spacial score (nSPS) is 10.6. The lowest BCUT2D eigenvalue weighted by atomic mass is 10.1. The Morgan fingerprint density at radius 2 is 1.83 bits per heavy atom. The highest BCUT2D eigenvalue weighted by Gasteiger charge is 2.19. The average Bonchev–Trinajstić information content (AvgIpc) is 3.02. The first kappa shape index (κ1) is 20.1. The fraction of sp³-hybridized carbons (Fsp3) is 0.227. The summed E-state index contributed by atoms with van der Waals surface area (Å²) in [5.41, 5.74) is 10.6. The third kappa shape index (κ3) is 3.85. The number of nitrogen functional groups attached to an aromatic ring is 1. The summed E-state index contributed by atoms with van der Waals surface area (Å²) in [7, 11) is 3.21. The molecule has 0 bridgehead atoms. The molecule has 0 aliphatic rings. The maximum Gasteiger partial charge on any atom is 0.411 e. The van der Waals surface area contributed by atoms with Gasteiger partial charge in [0, 0.05) is 29.2 Å². The van der Waals surface area contributed by atoms with Crippen molar-refractivity contribution in [3.63, 3.8) is 0 Å². The Morgan fingerprint density at radius 3 is 2.41 bits per heavy atom. The smallest absolute Gasteiger partial charge is 0.411 e. The summed E-state index contributed by atoms with van der Waals surface area (Å²) in [6.45, 7) is 6.46. The molecule has 7 heteroatoms. The minimum absolute atomic E-state index is 0.157. The molecular weight excluding hydrogens is 370 g/mol. The number of methoxy groups -OCH3 is 2. The lowest BCUT2D eigenvalue weighted by molar-refractivity contribution is 0.174. The molecule has 1 amide bonds. The Morgan fingerprint density at radius 1 is 1.17 bits per heavy atom. The summed E-state index contributed by atoms with van der Waals surface area (Å²) >= 11 is 0. The van der Waals surface area contributed by atoms with E-state index in [9.17, 15) is 4.79 Å². The van der Waals surface area contributed by atoms with E-state index in [0.29, 0.717) is 22.9 Å². The molecule has 2 aromatic carbocycles. The van der Waals surface area contributed by atoms with E-state index in [4.69, 9.17) is 19.9 Å². The van der Waals surface area contributed by atoms with E-state index in [0.717, 1.165) is 28.7 Å². The molecule has 3 N–H and O–H groups in total. The maximum atomic E-state index is 11.7. The first-order chi connectivity index (χ1) is 14.0. The summed E-state index contributed by atoms with van der Waals surface area (Å²) in [6.07, 6.45) is 0.984. The quantitative estimate of drug-likeness (QED) is 0.568. The van der Waals surface area contributed by atoms with Crippen molar-refractivity contribution in [2.75, 3.05) is 31.9 Å². The van der Waals surface area contributed by atoms with Gasteiger partial charge >= 0.3 is 6.09 Å². The van der Waals surface area contributed by atoms with Crippen LogP contribution in [0.2, 0.25) is 0 Å². The molecule has 0 unspecified atom stereocenters. The summed E-state index contributed by atoms with van der Waals surface area (Å²) in [5, 5.41) is 3.57. The molecule has 7 nitrogen and oxygen atoms in total. The van der Waals surface area contributed by atoms with Gasteiger partial charge in [-0.15, -0.1) is 0 Å². The van der Waals surface area contributed by atoms with Gasteiger partial charge in [0.25, 0.3) is 0 Å². The Hall–Kier alpha value is -3.61. The lowest BCUT2D eigenvalue weighted by Gasteiger charge is -2.11. The number of hydrogen-bond donors (Lipinski definition) is 2. The molecule has 0 aliphatic carbocycles. The number of carbonyl (C=O) groups excluding carboxylic acids is 1. The zero-order valence-electron chi connectivity index (χ0n) is 16.8. The molecule has 0 aliphatic heterocycles. The predicted molar refractivity (Wildman–Crippen MR) is 116 cm³/mol. The summed E-state index contributed by atoms with van der Waals surface area (Å²) in [6, 6.07) is 11.3. The van der Waals surface area contributed by atoms with Gasteiger partial charge in [0.05, 0.1) is 31.1 Å². The molecule has 0 spiro atoms. The van der Waals surface area contributed by atoms with Crippen LogP contribution in [0.1, 0.15) is 6.92 Å². The first-order valence-corrected chi connectivity index (χ1v) is 9.22. The van der Waals surface area contributed by atoms with E-state index >= 15 is 0 Å². The summed E-state index contributed by atoms with van der Waals surface area (Å²) < 4.78 is 17.9. The third-order valence-electron chi connectivity index (χ3n) is 4.66. The highest BCUT2D eigenvalue weighted by atomic mass is 16.5. The van der Waals surface area contributed by atoms with Gasteiger partial charge in [-0.25, -0.2) is 4.79 Å². The van der Waals surface area contributed by atoms with Gasteiger partial charge < -0.3 is 24.5 Å². The molecule has 0 atom stereocenters. The first-order valence-electron chi connectivity index (χ1n) is 9.22. The number of nitrogens with two attached hydrogens (primary N) is 1. The van der Waals surface area contributed by atoms with Crippen LogP contribution in [0.25, 0.3) is 22.2 Å². The number of rotatable bonds is 7. The predicted octanol–water partition coefficient (Wildman–Crippen LogP) is 4.66. The van der Waals surface area contributed by atoms with E-state index in [1.807, 2.05) is 36.4 Å². The number of nitrogens with zero attached hydrogens (tertiary/aromatic N) is 1. The number of aromatic nitrogens is 1. The van der Waals surface area contributed by atoms with Crippen molar-refractivity contribution in [2.45, 2.75) is 13.5 Å². The molecule has 0 radical (unpaired) electrons. The molecule has 1 aromatic heterocycles. The molecule has 3 aromatic rings. The van der Waals surface area contributed by atoms with Gasteiger partial charge in [-0.2, -0.15) is 0 Å². The van der Waals surface area contributed by atoms with Crippen LogP contribution in [0.3, 0.4) is 0 Å². The van der Waals surface area contributed by atoms with Crippen LogP contribution < -0.4 is 20.5 Å². The van der Waals surface area contributed by atoms with E-state index in [2.05, 4.69) is 23.4 Å². The number of benzene rings is 2. The van der Waals surface area contributed by atoms with Gasteiger partial charge in [0.1, 0.15) is 6.61 Å². The Balaban J connectivity index is 2.02. The van der Waals surface area contributed by atoms with Crippen molar-refractivity contribution in [2.24, 2.45) is 0 Å². The van der Waals surface area contributed by atoms with Crippen LogP contribution in [-0.4, -0.2) is 31.5 Å². The van der Waals surface area contributed by atoms with Crippen LogP contribution in [0, 0.1) is 0 Å². The highest BCUT2D eigenvalue weighted by Crippen LogP contribution is 2.41. The minimum Gasteiger partial charge on any atom is -0.493 e. The van der Waals surface area contributed by atoms with Crippen molar-refractivity contribution in [3.8, 4) is 22.8 Å². The molecule has 0 saturated carbocycles. The monoisotopic (exact) mass is 395 g/mol. The molecule has 1 heterocycles. The fourth-order valence-electron chi connectivity index (χ4n) is 3.34. The number of aryl methyl sites for hydroxylation is 1. The van der Waals surface area contributed by atoms with Crippen LogP contribution >= 0.6 is 0 Å². The third-order valence-corrected chi connectivity index (χ3v) is 4.66. The zero-order valence-corrected chi connectivity index (χ0v) is 16.8. The van der Waals surface area contributed by atoms with E-state index in [-0.39, 0.29) is 6.61 Å². The number of carbonyl (C=O) groups is 1. The van der Waals surface area contributed by atoms with Gasteiger partial charge in [0.15, 0.2) is 11.5 Å². The van der Waals surface area contributed by atoms with Crippen molar-refractivity contribution in [1.29, 1.82) is 0 Å². The number of fused-ring (bicyclic) bond motifs is 1. The molecular formula is C22H25N3O4. The average molecular weight is 395 g/mol. The van der Waals surface area contributed by atoms with Crippen molar-refractivity contribution in [3.05, 3.63) is 49.1 Å². The van der Waals surface area contributed by atoms with Gasteiger partial charge in [-0.1, -0.05) is 24.8 Å². The fourth-order valence-corrected chi connectivity index (χ4v) is 3.34. The molecule has 152 valence electrons. The Bertz CT molecular complexity index is 1040. The van der Waals surface area contributed by atoms with Crippen molar-refractivity contribution < 1.29 is 19.0 Å². The summed E-state index contributed by atoms with van der Waals surface area (Å²) in [4.78, 5) is 11.7. The summed E-state index contributed by atoms with van der Waals surface area (Å²) in [5.74, 6) is 1.28. The van der Waals surface area contributed by atoms with Crippen molar-refractivity contribution in [1.82, 2.24) is 4.57 Å².